The molecule has 0 saturated heterocycles. The number of benzene rings is 2. The second kappa shape index (κ2) is 7.69. The van der Waals surface area contributed by atoms with Crippen LogP contribution >= 0.6 is 11.3 Å². The number of nitrogens with one attached hydrogen (secondary N) is 1. The van der Waals surface area contributed by atoms with E-state index in [0.717, 1.165) is 20.8 Å². The number of thiazole rings is 1. The van der Waals surface area contributed by atoms with E-state index in [9.17, 15) is 13.6 Å². The van der Waals surface area contributed by atoms with Crippen molar-refractivity contribution in [3.63, 3.8) is 0 Å². The highest BCUT2D eigenvalue weighted by atomic mass is 32.1. The number of aromatic nitrogens is 2. The number of carbonyl (C=O) groups is 1. The fourth-order valence-electron chi connectivity index (χ4n) is 2.63. The molecule has 5 nitrogen and oxygen atoms in total. The molecule has 4 rings (SSSR count). The summed E-state index contributed by atoms with van der Waals surface area (Å²) in [7, 11) is 0. The van der Waals surface area contributed by atoms with Gasteiger partial charge in [-0.1, -0.05) is 24.3 Å². The van der Waals surface area contributed by atoms with Crippen molar-refractivity contribution >= 4 is 33.3 Å². The summed E-state index contributed by atoms with van der Waals surface area (Å²) in [6, 6.07) is 17.0. The smallest absolute Gasteiger partial charge is 0.387 e. The van der Waals surface area contributed by atoms with Gasteiger partial charge in [0.1, 0.15) is 16.6 Å². The molecule has 0 spiro atoms. The summed E-state index contributed by atoms with van der Waals surface area (Å²) in [6.07, 6.45) is 1.61. The number of fused-ring (bicyclic) bond motifs is 1. The number of hydrogen-bond donors (Lipinski definition) is 1. The predicted molar refractivity (Wildman–Crippen MR) is 104 cm³/mol. The van der Waals surface area contributed by atoms with Gasteiger partial charge in [0.15, 0.2) is 0 Å². The number of pyridine rings is 1. The minimum Gasteiger partial charge on any atom is -0.434 e. The van der Waals surface area contributed by atoms with E-state index in [1.165, 1.54) is 18.2 Å². The van der Waals surface area contributed by atoms with E-state index < -0.39 is 12.5 Å². The summed E-state index contributed by atoms with van der Waals surface area (Å²) >= 11 is 1.55. The van der Waals surface area contributed by atoms with Gasteiger partial charge in [0.2, 0.25) is 0 Å². The summed E-state index contributed by atoms with van der Waals surface area (Å²) in [5.41, 5.74) is 1.73. The number of halogens is 2. The fourth-order valence-corrected chi connectivity index (χ4v) is 3.58. The molecule has 1 N–H and O–H groups in total. The molecule has 2 heterocycles. The lowest BCUT2D eigenvalue weighted by atomic mass is 10.2. The Morgan fingerprint density at radius 3 is 2.57 bits per heavy atom. The molecule has 4 aromatic rings. The zero-order chi connectivity index (χ0) is 19.5. The molecule has 0 saturated carbocycles. The Kier molecular flexibility index (Phi) is 4.94. The van der Waals surface area contributed by atoms with Gasteiger partial charge in [-0.3, -0.25) is 4.79 Å². The second-order valence-corrected chi connectivity index (χ2v) is 6.78. The van der Waals surface area contributed by atoms with Crippen LogP contribution in [-0.2, 0) is 0 Å². The molecule has 0 aliphatic rings. The maximum absolute atomic E-state index is 12.5. The Morgan fingerprint density at radius 2 is 1.82 bits per heavy atom. The van der Waals surface area contributed by atoms with E-state index in [1.807, 2.05) is 24.3 Å². The van der Waals surface area contributed by atoms with E-state index in [2.05, 4.69) is 20.0 Å². The maximum atomic E-state index is 12.5. The first-order valence-corrected chi connectivity index (χ1v) is 9.09. The molecule has 0 atom stereocenters. The molecular formula is C20H13F2N3O2S. The van der Waals surface area contributed by atoms with Gasteiger partial charge >= 0.3 is 6.61 Å². The standard InChI is InChI=1S/C20H13F2N3O2S/c21-20(22)27-15-7-3-1-5-13(15)18(26)25-17-10-9-12(11-23-17)19-24-14-6-2-4-8-16(14)28-19/h1-11,20H,(H,23,25,26). The van der Waals surface area contributed by atoms with Crippen LogP contribution in [0.4, 0.5) is 14.6 Å². The maximum Gasteiger partial charge on any atom is 0.387 e. The van der Waals surface area contributed by atoms with Crippen molar-refractivity contribution in [1.82, 2.24) is 9.97 Å². The van der Waals surface area contributed by atoms with Crippen LogP contribution in [0.1, 0.15) is 10.4 Å². The Labute approximate surface area is 162 Å². The molecule has 0 fully saturated rings. The topological polar surface area (TPSA) is 64.1 Å². The van der Waals surface area contributed by atoms with Crippen molar-refractivity contribution in [2.24, 2.45) is 0 Å². The van der Waals surface area contributed by atoms with Crippen LogP contribution in [0.15, 0.2) is 66.9 Å². The number of anilines is 1. The number of nitrogens with zero attached hydrogens (tertiary/aromatic N) is 2. The first-order valence-electron chi connectivity index (χ1n) is 8.27. The summed E-state index contributed by atoms with van der Waals surface area (Å²) in [5, 5.41) is 3.41. The van der Waals surface area contributed by atoms with Crippen molar-refractivity contribution in [2.75, 3.05) is 5.32 Å². The number of carbonyl (C=O) groups excluding carboxylic acids is 1. The zero-order valence-corrected chi connectivity index (χ0v) is 15.1. The number of rotatable bonds is 5. The SMILES string of the molecule is O=C(Nc1ccc(-c2nc3ccccc3s2)cn1)c1ccccc1OC(F)F. The number of hydrogen-bond acceptors (Lipinski definition) is 5. The van der Waals surface area contributed by atoms with E-state index in [4.69, 9.17) is 0 Å². The molecule has 28 heavy (non-hydrogen) atoms. The fraction of sp³-hybridized carbons (Fsp3) is 0.0500. The lowest BCUT2D eigenvalue weighted by Crippen LogP contribution is -2.15. The monoisotopic (exact) mass is 397 g/mol. The molecule has 8 heteroatoms. The minimum atomic E-state index is -3.01. The average molecular weight is 397 g/mol. The summed E-state index contributed by atoms with van der Waals surface area (Å²) in [4.78, 5) is 21.2. The van der Waals surface area contributed by atoms with Crippen LogP contribution < -0.4 is 10.1 Å². The second-order valence-electron chi connectivity index (χ2n) is 5.75. The van der Waals surface area contributed by atoms with E-state index in [-0.39, 0.29) is 11.3 Å². The third-order valence-corrected chi connectivity index (χ3v) is 4.98. The van der Waals surface area contributed by atoms with Crippen molar-refractivity contribution in [2.45, 2.75) is 6.61 Å². The molecule has 2 aromatic carbocycles. The summed E-state index contributed by atoms with van der Waals surface area (Å²) in [5.74, 6) is -0.487. The third kappa shape index (κ3) is 3.81. The van der Waals surface area contributed by atoms with Gasteiger partial charge in [-0.05, 0) is 36.4 Å². The van der Waals surface area contributed by atoms with Gasteiger partial charge in [0.25, 0.3) is 5.91 Å². The highest BCUT2D eigenvalue weighted by molar-refractivity contribution is 7.21. The third-order valence-electron chi connectivity index (χ3n) is 3.89. The molecule has 0 bridgehead atoms. The molecular weight excluding hydrogens is 384 g/mol. The van der Waals surface area contributed by atoms with Crippen molar-refractivity contribution in [3.8, 4) is 16.3 Å². The van der Waals surface area contributed by atoms with Gasteiger partial charge in [-0.2, -0.15) is 8.78 Å². The van der Waals surface area contributed by atoms with Crippen LogP contribution in [0.5, 0.6) is 5.75 Å². The van der Waals surface area contributed by atoms with Gasteiger partial charge in [0, 0.05) is 11.8 Å². The van der Waals surface area contributed by atoms with Gasteiger partial charge in [0.05, 0.1) is 15.8 Å². The van der Waals surface area contributed by atoms with Crippen LogP contribution in [0, 0.1) is 0 Å². The van der Waals surface area contributed by atoms with Gasteiger partial charge in [-0.25, -0.2) is 9.97 Å². The van der Waals surface area contributed by atoms with E-state index in [1.54, 1.807) is 35.7 Å². The van der Waals surface area contributed by atoms with Crippen LogP contribution in [0.25, 0.3) is 20.8 Å². The van der Waals surface area contributed by atoms with Gasteiger partial charge in [-0.15, -0.1) is 11.3 Å². The minimum absolute atomic E-state index is 0.000139. The van der Waals surface area contributed by atoms with Crippen LogP contribution in [0.3, 0.4) is 0 Å². The van der Waals surface area contributed by atoms with E-state index >= 15 is 0 Å². The normalized spacial score (nSPS) is 11.0. The number of alkyl halides is 2. The molecule has 140 valence electrons. The Bertz CT molecular complexity index is 1100. The highest BCUT2D eigenvalue weighted by Crippen LogP contribution is 2.30. The molecule has 0 aliphatic heterocycles. The Balaban J connectivity index is 1.53. The predicted octanol–water partition coefficient (Wildman–Crippen LogP) is 5.21. The van der Waals surface area contributed by atoms with E-state index in [0.29, 0.717) is 5.82 Å². The van der Waals surface area contributed by atoms with Gasteiger partial charge < -0.3 is 10.1 Å². The summed E-state index contributed by atoms with van der Waals surface area (Å²) in [6.45, 7) is -3.01. The lowest BCUT2D eigenvalue weighted by molar-refractivity contribution is -0.0501. The van der Waals surface area contributed by atoms with Crippen LogP contribution in [0.2, 0.25) is 0 Å². The molecule has 0 unspecified atom stereocenters. The molecule has 1 amide bonds. The molecule has 0 aliphatic carbocycles. The molecule has 0 radical (unpaired) electrons. The number of ether oxygens (including phenoxy) is 1. The van der Waals surface area contributed by atoms with Crippen LogP contribution in [-0.4, -0.2) is 22.5 Å². The summed E-state index contributed by atoms with van der Waals surface area (Å²) < 4.78 is 30.5. The average Bonchev–Trinajstić information content (AvgIpc) is 3.12. The van der Waals surface area contributed by atoms with Crippen molar-refractivity contribution < 1.29 is 18.3 Å². The number of para-hydroxylation sites is 2. The molecule has 2 aromatic heterocycles. The highest BCUT2D eigenvalue weighted by Gasteiger charge is 2.16. The largest absolute Gasteiger partial charge is 0.434 e. The number of amides is 1. The van der Waals surface area contributed by atoms with Crippen molar-refractivity contribution in [3.05, 3.63) is 72.4 Å². The van der Waals surface area contributed by atoms with Crippen molar-refractivity contribution in [1.29, 1.82) is 0 Å². The Morgan fingerprint density at radius 1 is 1.04 bits per heavy atom. The first kappa shape index (κ1) is 18.0. The lowest BCUT2D eigenvalue weighted by Gasteiger charge is -2.10. The Hall–Kier alpha value is -3.39. The quantitative estimate of drug-likeness (QED) is 0.502. The zero-order valence-electron chi connectivity index (χ0n) is 14.3. The first-order chi connectivity index (χ1) is 13.6.